The zero-order valence-corrected chi connectivity index (χ0v) is 17.4. The van der Waals surface area contributed by atoms with Crippen LogP contribution in [0.4, 0.5) is 8.78 Å². The van der Waals surface area contributed by atoms with Gasteiger partial charge < -0.3 is 20.5 Å². The standard InChI is InChI=1S/C16H23ClF2N4O2.HI/c17-13-2-3-14(25-15(18)19)12(10-13)11-22-16(20)21-4-1-5-23-6-8-24-9-7-23;/h2-3,10,15H,1,4-9,11H2,(H3,20,21,22);1H. The van der Waals surface area contributed by atoms with Crippen LogP contribution in [0, 0.1) is 0 Å². The van der Waals surface area contributed by atoms with Crippen LogP contribution in [0.2, 0.25) is 5.02 Å². The molecule has 1 heterocycles. The summed E-state index contributed by atoms with van der Waals surface area (Å²) in [5.74, 6) is 0.299. The van der Waals surface area contributed by atoms with Crippen molar-refractivity contribution in [3.8, 4) is 5.75 Å². The van der Waals surface area contributed by atoms with Crippen LogP contribution in [0.15, 0.2) is 23.2 Å². The Balaban J connectivity index is 0.00000338. The number of halogens is 4. The average Bonchev–Trinajstić information content (AvgIpc) is 2.59. The third-order valence-electron chi connectivity index (χ3n) is 3.72. The molecule has 2 rings (SSSR count). The van der Waals surface area contributed by atoms with Crippen LogP contribution in [-0.4, -0.2) is 56.9 Å². The summed E-state index contributed by atoms with van der Waals surface area (Å²) in [6.07, 6.45) is 0.924. The third-order valence-corrected chi connectivity index (χ3v) is 3.95. The van der Waals surface area contributed by atoms with Crippen molar-refractivity contribution in [2.75, 3.05) is 39.4 Å². The third kappa shape index (κ3) is 8.65. The Hall–Kier alpha value is -0.910. The van der Waals surface area contributed by atoms with E-state index in [9.17, 15) is 8.78 Å². The molecule has 0 aromatic heterocycles. The first-order chi connectivity index (χ1) is 12.0. The minimum atomic E-state index is -2.90. The number of aliphatic imine (C=N–C) groups is 1. The van der Waals surface area contributed by atoms with Crippen LogP contribution >= 0.6 is 35.6 Å². The summed E-state index contributed by atoms with van der Waals surface area (Å²) in [6, 6.07) is 4.42. The highest BCUT2D eigenvalue weighted by Crippen LogP contribution is 2.25. The summed E-state index contributed by atoms with van der Waals surface area (Å²) in [6.45, 7) is 2.30. The van der Waals surface area contributed by atoms with Gasteiger partial charge in [-0.05, 0) is 31.2 Å². The quantitative estimate of drug-likeness (QED) is 0.247. The van der Waals surface area contributed by atoms with Gasteiger partial charge in [-0.3, -0.25) is 4.90 Å². The van der Waals surface area contributed by atoms with Crippen LogP contribution < -0.4 is 15.8 Å². The smallest absolute Gasteiger partial charge is 0.387 e. The van der Waals surface area contributed by atoms with Gasteiger partial charge in [-0.1, -0.05) is 11.6 Å². The number of rotatable bonds is 8. The van der Waals surface area contributed by atoms with Crippen LogP contribution in [0.25, 0.3) is 0 Å². The van der Waals surface area contributed by atoms with E-state index in [0.717, 1.165) is 39.3 Å². The molecule has 0 saturated carbocycles. The molecule has 1 saturated heterocycles. The monoisotopic (exact) mass is 504 g/mol. The van der Waals surface area contributed by atoms with Gasteiger partial charge in [0.15, 0.2) is 5.96 Å². The maximum atomic E-state index is 12.4. The molecule has 1 aliphatic rings. The Morgan fingerprint density at radius 1 is 1.38 bits per heavy atom. The van der Waals surface area contributed by atoms with Crippen molar-refractivity contribution >= 4 is 41.5 Å². The Morgan fingerprint density at radius 3 is 2.81 bits per heavy atom. The zero-order chi connectivity index (χ0) is 18.1. The number of benzene rings is 1. The van der Waals surface area contributed by atoms with E-state index in [0.29, 0.717) is 17.1 Å². The second kappa shape index (κ2) is 12.5. The highest BCUT2D eigenvalue weighted by atomic mass is 127. The van der Waals surface area contributed by atoms with E-state index in [4.69, 9.17) is 22.1 Å². The van der Waals surface area contributed by atoms with Gasteiger partial charge in [0.2, 0.25) is 0 Å². The fourth-order valence-corrected chi connectivity index (χ4v) is 2.65. The molecule has 0 amide bonds. The van der Waals surface area contributed by atoms with Crippen molar-refractivity contribution < 1.29 is 18.3 Å². The van der Waals surface area contributed by atoms with Crippen molar-refractivity contribution in [1.29, 1.82) is 0 Å². The zero-order valence-electron chi connectivity index (χ0n) is 14.3. The van der Waals surface area contributed by atoms with E-state index in [1.54, 1.807) is 0 Å². The second-order valence-electron chi connectivity index (χ2n) is 5.57. The molecule has 1 fully saturated rings. The molecule has 0 aliphatic carbocycles. The summed E-state index contributed by atoms with van der Waals surface area (Å²) in [4.78, 5) is 6.49. The first-order valence-corrected chi connectivity index (χ1v) is 8.49. The molecule has 3 N–H and O–H groups in total. The fourth-order valence-electron chi connectivity index (χ4n) is 2.45. The number of hydrogen-bond donors (Lipinski definition) is 2. The predicted molar refractivity (Wildman–Crippen MR) is 109 cm³/mol. The highest BCUT2D eigenvalue weighted by molar-refractivity contribution is 14.0. The molecule has 0 unspecified atom stereocenters. The van der Waals surface area contributed by atoms with E-state index in [-0.39, 0.29) is 42.2 Å². The fraction of sp³-hybridized carbons (Fsp3) is 0.562. The lowest BCUT2D eigenvalue weighted by molar-refractivity contribution is -0.0504. The van der Waals surface area contributed by atoms with Crippen molar-refractivity contribution in [3.63, 3.8) is 0 Å². The summed E-state index contributed by atoms with van der Waals surface area (Å²) >= 11 is 5.89. The number of ether oxygens (including phenoxy) is 2. The van der Waals surface area contributed by atoms with E-state index in [1.165, 1.54) is 18.2 Å². The Bertz CT molecular complexity index is 575. The van der Waals surface area contributed by atoms with Crippen LogP contribution in [0.1, 0.15) is 12.0 Å². The summed E-state index contributed by atoms with van der Waals surface area (Å²) in [5.41, 5.74) is 6.26. The van der Waals surface area contributed by atoms with Gasteiger partial charge in [0.05, 0.1) is 19.8 Å². The number of alkyl halides is 2. The molecule has 0 radical (unpaired) electrons. The minimum absolute atomic E-state index is 0. The molecule has 1 aromatic rings. The Labute approximate surface area is 174 Å². The largest absolute Gasteiger partial charge is 0.434 e. The molecule has 0 atom stereocenters. The molecule has 1 aliphatic heterocycles. The van der Waals surface area contributed by atoms with E-state index in [1.807, 2.05) is 0 Å². The normalized spacial score (nSPS) is 15.6. The summed E-state index contributed by atoms with van der Waals surface area (Å²) in [7, 11) is 0. The van der Waals surface area contributed by atoms with E-state index >= 15 is 0 Å². The van der Waals surface area contributed by atoms with Crippen molar-refractivity contribution in [3.05, 3.63) is 28.8 Å². The van der Waals surface area contributed by atoms with Gasteiger partial charge in [0.1, 0.15) is 5.75 Å². The van der Waals surface area contributed by atoms with Gasteiger partial charge in [0.25, 0.3) is 0 Å². The predicted octanol–water partition coefficient (Wildman–Crippen LogP) is 2.69. The number of nitrogens with one attached hydrogen (secondary N) is 1. The molecular formula is C16H24ClF2IN4O2. The van der Waals surface area contributed by atoms with E-state index < -0.39 is 6.61 Å². The van der Waals surface area contributed by atoms with Crippen LogP contribution in [0.3, 0.4) is 0 Å². The first-order valence-electron chi connectivity index (χ1n) is 8.11. The molecule has 1 aromatic carbocycles. The van der Waals surface area contributed by atoms with Gasteiger partial charge >= 0.3 is 6.61 Å². The molecule has 0 spiro atoms. The highest BCUT2D eigenvalue weighted by Gasteiger charge is 2.11. The van der Waals surface area contributed by atoms with Gasteiger partial charge in [-0.2, -0.15) is 8.78 Å². The average molecular weight is 505 g/mol. The lowest BCUT2D eigenvalue weighted by Crippen LogP contribution is -2.39. The van der Waals surface area contributed by atoms with Crippen LogP contribution in [0.5, 0.6) is 5.75 Å². The van der Waals surface area contributed by atoms with Gasteiger partial charge in [0, 0.05) is 30.2 Å². The Morgan fingerprint density at radius 2 is 2.12 bits per heavy atom. The van der Waals surface area contributed by atoms with E-state index in [2.05, 4.69) is 19.9 Å². The number of morpholine rings is 1. The number of hydrogen-bond acceptors (Lipinski definition) is 4. The lowest BCUT2D eigenvalue weighted by Gasteiger charge is -2.26. The maximum absolute atomic E-state index is 12.4. The van der Waals surface area contributed by atoms with Crippen molar-refractivity contribution in [1.82, 2.24) is 10.2 Å². The summed E-state index contributed by atoms with van der Waals surface area (Å²) in [5, 5.41) is 3.44. The first kappa shape index (κ1) is 23.1. The number of nitrogens with zero attached hydrogens (tertiary/aromatic N) is 2. The lowest BCUT2D eigenvalue weighted by atomic mass is 10.2. The molecule has 26 heavy (non-hydrogen) atoms. The maximum Gasteiger partial charge on any atom is 0.387 e. The molecular weight excluding hydrogens is 481 g/mol. The van der Waals surface area contributed by atoms with Crippen molar-refractivity contribution in [2.45, 2.75) is 19.6 Å². The topological polar surface area (TPSA) is 72.1 Å². The number of nitrogens with two attached hydrogens (primary N) is 1. The molecule has 0 bridgehead atoms. The van der Waals surface area contributed by atoms with Gasteiger partial charge in [-0.15, -0.1) is 24.0 Å². The van der Waals surface area contributed by atoms with Crippen molar-refractivity contribution in [2.24, 2.45) is 10.7 Å². The molecule has 148 valence electrons. The Kier molecular flexibility index (Phi) is 11.1. The van der Waals surface area contributed by atoms with Crippen LogP contribution in [-0.2, 0) is 11.3 Å². The minimum Gasteiger partial charge on any atom is -0.434 e. The SMILES string of the molecule is I.NC(=NCc1cc(Cl)ccc1OC(F)F)NCCCN1CCOCC1. The molecule has 6 nitrogen and oxygen atoms in total. The molecule has 10 heteroatoms. The summed E-state index contributed by atoms with van der Waals surface area (Å²) < 4.78 is 34.6. The number of guanidine groups is 1. The second-order valence-corrected chi connectivity index (χ2v) is 6.00. The van der Waals surface area contributed by atoms with Gasteiger partial charge in [-0.25, -0.2) is 4.99 Å².